The van der Waals surface area contributed by atoms with Crippen LogP contribution in [0.4, 0.5) is 5.69 Å². The number of ether oxygens (including phenoxy) is 2. The van der Waals surface area contributed by atoms with Gasteiger partial charge in [0.2, 0.25) is 0 Å². The van der Waals surface area contributed by atoms with Crippen LogP contribution in [0.3, 0.4) is 0 Å². The Morgan fingerprint density at radius 3 is 1.88 bits per heavy atom. The summed E-state index contributed by atoms with van der Waals surface area (Å²) in [7, 11) is 3.39. The van der Waals surface area contributed by atoms with Gasteiger partial charge in [-0.3, -0.25) is 0 Å². The Balaban J connectivity index is 1.90. The van der Waals surface area contributed by atoms with Gasteiger partial charge in [0.05, 0.1) is 25.9 Å². The Hall–Kier alpha value is -2.20. The van der Waals surface area contributed by atoms with Gasteiger partial charge >= 0.3 is 0 Å². The molecule has 0 spiro atoms. The van der Waals surface area contributed by atoms with Crippen molar-refractivity contribution in [2.45, 2.75) is 38.3 Å². The van der Waals surface area contributed by atoms with E-state index in [9.17, 15) is 0 Å². The molecule has 0 bridgehead atoms. The highest BCUT2D eigenvalue weighted by molar-refractivity contribution is 5.52. The lowest BCUT2D eigenvalue weighted by Crippen LogP contribution is -2.43. The molecular formula is C20H26N2O2. The molecule has 1 N–H and O–H groups in total. The number of hydrogen-bond acceptors (Lipinski definition) is 4. The minimum Gasteiger partial charge on any atom is -0.497 e. The Morgan fingerprint density at radius 2 is 1.38 bits per heavy atom. The highest BCUT2D eigenvalue weighted by atomic mass is 16.5. The van der Waals surface area contributed by atoms with Crippen molar-refractivity contribution in [2.24, 2.45) is 0 Å². The average Bonchev–Trinajstić information content (AvgIpc) is 2.84. The summed E-state index contributed by atoms with van der Waals surface area (Å²) in [5.41, 5.74) is 6.09. The molecule has 1 fully saturated rings. The fraction of sp³-hybridized carbons (Fsp3) is 0.400. The number of benzene rings is 2. The van der Waals surface area contributed by atoms with Gasteiger partial charge < -0.3 is 14.5 Å². The number of hydrazine groups is 1. The Kier molecular flexibility index (Phi) is 4.41. The minimum absolute atomic E-state index is 0.0477. The van der Waals surface area contributed by atoms with Gasteiger partial charge in [0.25, 0.3) is 0 Å². The summed E-state index contributed by atoms with van der Waals surface area (Å²) in [5.74, 6) is 2.13. The van der Waals surface area contributed by atoms with Gasteiger partial charge in [0.1, 0.15) is 11.5 Å². The van der Waals surface area contributed by atoms with E-state index in [2.05, 4.69) is 55.5 Å². The first-order valence-electron chi connectivity index (χ1n) is 8.31. The van der Waals surface area contributed by atoms with Crippen molar-refractivity contribution in [2.75, 3.05) is 19.2 Å². The van der Waals surface area contributed by atoms with E-state index in [0.717, 1.165) is 17.2 Å². The van der Waals surface area contributed by atoms with Crippen LogP contribution in [-0.4, -0.2) is 25.8 Å². The van der Waals surface area contributed by atoms with Crippen molar-refractivity contribution < 1.29 is 9.47 Å². The molecular weight excluding hydrogens is 300 g/mol. The van der Waals surface area contributed by atoms with Crippen LogP contribution in [0.1, 0.15) is 32.3 Å². The van der Waals surface area contributed by atoms with E-state index in [1.165, 1.54) is 5.56 Å². The quantitative estimate of drug-likeness (QED) is 0.921. The SMILES string of the molecule is COc1ccc(C2C(C)N(c3ccc(OC)cc3)NC2(C)C)cc1. The predicted molar refractivity (Wildman–Crippen MR) is 97.9 cm³/mol. The number of nitrogens with zero attached hydrogens (tertiary/aromatic N) is 1. The average molecular weight is 326 g/mol. The number of hydrogen-bond donors (Lipinski definition) is 1. The van der Waals surface area contributed by atoms with E-state index in [-0.39, 0.29) is 5.54 Å². The van der Waals surface area contributed by atoms with Crippen LogP contribution < -0.4 is 19.9 Å². The molecule has 128 valence electrons. The predicted octanol–water partition coefficient (Wildman–Crippen LogP) is 3.98. The first-order valence-corrected chi connectivity index (χ1v) is 8.31. The van der Waals surface area contributed by atoms with Crippen molar-refractivity contribution in [3.05, 3.63) is 54.1 Å². The molecule has 2 unspecified atom stereocenters. The van der Waals surface area contributed by atoms with E-state index in [1.807, 2.05) is 24.3 Å². The number of anilines is 1. The van der Waals surface area contributed by atoms with Gasteiger partial charge in [-0.2, -0.15) is 0 Å². The largest absolute Gasteiger partial charge is 0.497 e. The van der Waals surface area contributed by atoms with E-state index < -0.39 is 0 Å². The topological polar surface area (TPSA) is 33.7 Å². The third-order valence-electron chi connectivity index (χ3n) is 4.90. The zero-order valence-electron chi connectivity index (χ0n) is 15.0. The maximum Gasteiger partial charge on any atom is 0.119 e. The van der Waals surface area contributed by atoms with Crippen LogP contribution >= 0.6 is 0 Å². The van der Waals surface area contributed by atoms with Gasteiger partial charge in [0.15, 0.2) is 0 Å². The zero-order valence-corrected chi connectivity index (χ0v) is 15.0. The lowest BCUT2D eigenvalue weighted by Gasteiger charge is -2.27. The molecule has 1 aliphatic heterocycles. The molecule has 24 heavy (non-hydrogen) atoms. The Bertz CT molecular complexity index is 680. The molecule has 1 saturated heterocycles. The first kappa shape index (κ1) is 16.7. The molecule has 0 amide bonds. The molecule has 2 aromatic rings. The molecule has 1 aliphatic rings. The van der Waals surface area contributed by atoms with Gasteiger partial charge in [0, 0.05) is 11.5 Å². The highest BCUT2D eigenvalue weighted by Gasteiger charge is 2.45. The van der Waals surface area contributed by atoms with Gasteiger partial charge in [-0.25, -0.2) is 5.43 Å². The van der Waals surface area contributed by atoms with Crippen LogP contribution in [-0.2, 0) is 0 Å². The third-order valence-corrected chi connectivity index (χ3v) is 4.90. The molecule has 0 aliphatic carbocycles. The van der Waals surface area contributed by atoms with E-state index in [4.69, 9.17) is 9.47 Å². The summed E-state index contributed by atoms with van der Waals surface area (Å²) in [6, 6.07) is 16.9. The van der Waals surface area contributed by atoms with Crippen molar-refractivity contribution >= 4 is 5.69 Å². The maximum atomic E-state index is 5.29. The number of methoxy groups -OCH3 is 2. The fourth-order valence-corrected chi connectivity index (χ4v) is 3.78. The second-order valence-electron chi connectivity index (χ2n) is 6.89. The minimum atomic E-state index is -0.0477. The molecule has 1 heterocycles. The second-order valence-corrected chi connectivity index (χ2v) is 6.89. The summed E-state index contributed by atoms with van der Waals surface area (Å²) >= 11 is 0. The van der Waals surface area contributed by atoms with Gasteiger partial charge in [-0.1, -0.05) is 12.1 Å². The van der Waals surface area contributed by atoms with Crippen LogP contribution in [0, 0.1) is 0 Å². The summed E-state index contributed by atoms with van der Waals surface area (Å²) in [6.07, 6.45) is 0. The van der Waals surface area contributed by atoms with Gasteiger partial charge in [-0.15, -0.1) is 0 Å². The van der Waals surface area contributed by atoms with Crippen LogP contribution in [0.5, 0.6) is 11.5 Å². The second kappa shape index (κ2) is 6.36. The fourth-order valence-electron chi connectivity index (χ4n) is 3.78. The lowest BCUT2D eigenvalue weighted by molar-refractivity contribution is 0.398. The molecule has 3 rings (SSSR count). The molecule has 0 aromatic heterocycles. The van der Waals surface area contributed by atoms with Crippen molar-refractivity contribution in [1.82, 2.24) is 5.43 Å². The molecule has 4 nitrogen and oxygen atoms in total. The third kappa shape index (κ3) is 2.94. The van der Waals surface area contributed by atoms with E-state index in [1.54, 1.807) is 14.2 Å². The molecule has 0 radical (unpaired) electrons. The van der Waals surface area contributed by atoms with Crippen molar-refractivity contribution in [1.29, 1.82) is 0 Å². The molecule has 0 saturated carbocycles. The normalized spacial score (nSPS) is 22.5. The van der Waals surface area contributed by atoms with Crippen LogP contribution in [0.25, 0.3) is 0 Å². The summed E-state index contributed by atoms with van der Waals surface area (Å²) in [4.78, 5) is 0. The van der Waals surface area contributed by atoms with Crippen LogP contribution in [0.2, 0.25) is 0 Å². The molecule has 4 heteroatoms. The number of rotatable bonds is 4. The summed E-state index contributed by atoms with van der Waals surface area (Å²) < 4.78 is 10.5. The zero-order chi connectivity index (χ0) is 17.3. The van der Waals surface area contributed by atoms with Crippen LogP contribution in [0.15, 0.2) is 48.5 Å². The van der Waals surface area contributed by atoms with Crippen molar-refractivity contribution in [3.8, 4) is 11.5 Å². The standard InChI is InChI=1S/C20H26N2O2/c1-14-19(15-6-10-17(23-4)11-7-15)20(2,3)21-22(14)16-8-12-18(24-5)13-9-16/h6-14,19,21H,1-5H3. The smallest absolute Gasteiger partial charge is 0.119 e. The maximum absolute atomic E-state index is 5.29. The Labute approximate surface area is 144 Å². The highest BCUT2D eigenvalue weighted by Crippen LogP contribution is 2.41. The summed E-state index contributed by atoms with van der Waals surface area (Å²) in [6.45, 7) is 6.77. The van der Waals surface area contributed by atoms with E-state index >= 15 is 0 Å². The summed E-state index contributed by atoms with van der Waals surface area (Å²) in [5, 5.41) is 2.26. The van der Waals surface area contributed by atoms with Crippen molar-refractivity contribution in [3.63, 3.8) is 0 Å². The van der Waals surface area contributed by atoms with Gasteiger partial charge in [-0.05, 0) is 62.7 Å². The molecule has 2 aromatic carbocycles. The Morgan fingerprint density at radius 1 is 0.875 bits per heavy atom. The monoisotopic (exact) mass is 326 g/mol. The number of nitrogens with one attached hydrogen (secondary N) is 1. The van der Waals surface area contributed by atoms with E-state index in [0.29, 0.717) is 12.0 Å². The molecule has 2 atom stereocenters. The first-order chi connectivity index (χ1) is 11.5. The lowest BCUT2D eigenvalue weighted by atomic mass is 9.80.